The van der Waals surface area contributed by atoms with Gasteiger partial charge in [0.2, 0.25) is 0 Å². The number of para-hydroxylation sites is 1. The van der Waals surface area contributed by atoms with Crippen LogP contribution in [0.5, 0.6) is 0 Å². The summed E-state index contributed by atoms with van der Waals surface area (Å²) in [6.07, 6.45) is 8.11. The third-order valence-electron chi connectivity index (χ3n) is 9.73. The topological polar surface area (TPSA) is 3.24 Å². The summed E-state index contributed by atoms with van der Waals surface area (Å²) in [5, 5.41) is 7.79. The molecule has 2 radical (unpaired) electrons. The van der Waals surface area contributed by atoms with Crippen LogP contribution in [0.15, 0.2) is 169 Å². The van der Waals surface area contributed by atoms with Crippen molar-refractivity contribution in [2.45, 2.75) is 33.7 Å². The minimum atomic E-state index is 0. The molecule has 7 aromatic carbocycles. The van der Waals surface area contributed by atoms with Crippen LogP contribution in [0.3, 0.4) is 0 Å². The van der Waals surface area contributed by atoms with Crippen LogP contribution in [0.1, 0.15) is 26.3 Å². The van der Waals surface area contributed by atoms with E-state index in [9.17, 15) is 0 Å². The van der Waals surface area contributed by atoms with E-state index in [0.717, 1.165) is 0 Å². The molecule has 0 saturated heterocycles. The van der Waals surface area contributed by atoms with Gasteiger partial charge < -0.3 is 19.8 Å². The Balaban J connectivity index is 0.000000285. The van der Waals surface area contributed by atoms with Gasteiger partial charge in [0.15, 0.2) is 0 Å². The van der Waals surface area contributed by atoms with Crippen LogP contribution < -0.4 is 4.90 Å². The van der Waals surface area contributed by atoms with Crippen molar-refractivity contribution in [3.8, 4) is 22.3 Å². The van der Waals surface area contributed by atoms with Crippen LogP contribution in [0.25, 0.3) is 54.6 Å². The molecule has 2 aliphatic rings. The Hall–Kier alpha value is -3.85. The molecule has 274 valence electrons. The summed E-state index contributed by atoms with van der Waals surface area (Å²) in [4.78, 5) is 2.39. The average molecular weight is 840 g/mol. The second-order valence-corrected chi connectivity index (χ2v) is 13.4. The van der Waals surface area contributed by atoms with Crippen molar-refractivity contribution in [2.24, 2.45) is 5.92 Å². The number of benzene rings is 6. The zero-order valence-electron chi connectivity index (χ0n) is 31.9. The molecule has 1 unspecified atom stereocenters. The molecule has 54 heavy (non-hydrogen) atoms. The van der Waals surface area contributed by atoms with Crippen molar-refractivity contribution in [3.05, 3.63) is 195 Å². The van der Waals surface area contributed by atoms with Gasteiger partial charge in [0.05, 0.1) is 0 Å². The van der Waals surface area contributed by atoms with Gasteiger partial charge in [-0.15, -0.1) is 82.7 Å². The SMILES string of the molecule is CC(C)C1=[C-]C2=CC(C)N(c3ccccc3)C2=C1.Cc1cc2c(-c3cccc4ccccc34)cc(-c3cccc4ccccc34)cc2[cH-]1.Cl.Cl.[CH3-].[CH3-].[Si]=[Zr]. The van der Waals surface area contributed by atoms with Crippen LogP contribution in [0.2, 0.25) is 0 Å². The quantitative estimate of drug-likeness (QED) is 0.126. The first-order valence-corrected chi connectivity index (χ1v) is 21.5. The molecule has 1 aliphatic carbocycles. The maximum atomic E-state index is 3.53. The first kappa shape index (κ1) is 44.5. The third-order valence-corrected chi connectivity index (χ3v) is 9.73. The number of fused-ring (bicyclic) bond motifs is 4. The number of rotatable bonds is 4. The molecule has 0 saturated carbocycles. The molecule has 1 heterocycles. The number of nitrogens with zero attached hydrogens (tertiary/aromatic N) is 1. The summed E-state index contributed by atoms with van der Waals surface area (Å²) in [5.41, 5.74) is 11.6. The van der Waals surface area contributed by atoms with Crippen LogP contribution >= 0.6 is 24.8 Å². The summed E-state index contributed by atoms with van der Waals surface area (Å²) < 4.78 is 0. The van der Waals surface area contributed by atoms with Crippen molar-refractivity contribution in [3.63, 3.8) is 0 Å². The second-order valence-electron chi connectivity index (χ2n) is 13.4. The Labute approximate surface area is 352 Å². The van der Waals surface area contributed by atoms with Gasteiger partial charge in [0, 0.05) is 11.7 Å². The van der Waals surface area contributed by atoms with Gasteiger partial charge >= 0.3 is 30.2 Å². The van der Waals surface area contributed by atoms with Crippen molar-refractivity contribution in [1.29, 1.82) is 0 Å². The summed E-state index contributed by atoms with van der Waals surface area (Å²) >= 11 is 1.36. The third kappa shape index (κ3) is 8.82. The van der Waals surface area contributed by atoms with E-state index in [1.54, 1.807) is 0 Å². The second kappa shape index (κ2) is 19.7. The van der Waals surface area contributed by atoms with Crippen molar-refractivity contribution in [1.82, 2.24) is 0 Å². The molecule has 0 bridgehead atoms. The van der Waals surface area contributed by atoms with Crippen molar-refractivity contribution in [2.75, 3.05) is 4.90 Å². The Bertz CT molecular complexity index is 2430. The molecule has 1 nitrogen and oxygen atoms in total. The Morgan fingerprint density at radius 3 is 1.85 bits per heavy atom. The summed E-state index contributed by atoms with van der Waals surface area (Å²) in [7, 11) is 0. The van der Waals surface area contributed by atoms with Crippen molar-refractivity contribution >= 4 is 69.7 Å². The number of hydrogen-bond donors (Lipinski definition) is 0. The molecule has 0 spiro atoms. The molecule has 0 amide bonds. The van der Waals surface area contributed by atoms with E-state index in [1.165, 1.54) is 106 Å². The predicted molar refractivity (Wildman–Crippen MR) is 239 cm³/mol. The molecular formula is C49H47Cl2NSiZr-4. The van der Waals surface area contributed by atoms with E-state index in [1.807, 2.05) is 0 Å². The van der Waals surface area contributed by atoms with Gasteiger partial charge in [-0.2, -0.15) is 6.07 Å². The summed E-state index contributed by atoms with van der Waals surface area (Å²) in [6.45, 7) is 11.9. The molecule has 0 aromatic heterocycles. The molecule has 5 heteroatoms. The van der Waals surface area contributed by atoms with E-state index in [4.69, 9.17) is 0 Å². The van der Waals surface area contributed by atoms with E-state index >= 15 is 0 Å². The fourth-order valence-corrected chi connectivity index (χ4v) is 7.40. The van der Waals surface area contributed by atoms with E-state index in [2.05, 4.69) is 197 Å². The summed E-state index contributed by atoms with van der Waals surface area (Å²) in [6, 6.07) is 50.9. The number of allylic oxidation sites excluding steroid dienone is 3. The fourth-order valence-electron chi connectivity index (χ4n) is 7.40. The van der Waals surface area contributed by atoms with Gasteiger partial charge in [-0.3, -0.25) is 0 Å². The first-order chi connectivity index (χ1) is 24.4. The minimum absolute atomic E-state index is 0. The van der Waals surface area contributed by atoms with Crippen LogP contribution in [0, 0.1) is 33.8 Å². The normalized spacial score (nSPS) is 13.7. The Morgan fingerprint density at radius 1 is 0.667 bits per heavy atom. The Kier molecular flexibility index (Phi) is 16.2. The molecule has 9 rings (SSSR count). The summed E-state index contributed by atoms with van der Waals surface area (Å²) in [5.74, 6) is 0.539. The van der Waals surface area contributed by atoms with E-state index in [-0.39, 0.29) is 39.7 Å². The zero-order valence-corrected chi connectivity index (χ0v) is 36.9. The molecule has 1 atom stereocenters. The van der Waals surface area contributed by atoms with Gasteiger partial charge in [-0.25, -0.2) is 0 Å². The van der Waals surface area contributed by atoms with Gasteiger partial charge in [0.1, 0.15) is 0 Å². The first-order valence-electron chi connectivity index (χ1n) is 17.3. The predicted octanol–water partition coefficient (Wildman–Crippen LogP) is 14.0. The van der Waals surface area contributed by atoms with E-state index < -0.39 is 0 Å². The average Bonchev–Trinajstić information content (AvgIpc) is 3.83. The molecule has 0 N–H and O–H groups in total. The fraction of sp³-hybridized carbons (Fsp3) is 0.122. The number of halogens is 2. The molecule has 7 aromatic rings. The molecule has 1 aliphatic heterocycles. The van der Waals surface area contributed by atoms with Crippen LogP contribution in [0.4, 0.5) is 5.69 Å². The Morgan fingerprint density at radius 2 is 1.22 bits per heavy atom. The van der Waals surface area contributed by atoms with Crippen LogP contribution in [-0.4, -0.2) is 12.9 Å². The van der Waals surface area contributed by atoms with Gasteiger partial charge in [-0.05, 0) is 57.6 Å². The zero-order chi connectivity index (χ0) is 34.8. The number of anilines is 1. The maximum absolute atomic E-state index is 3.53. The van der Waals surface area contributed by atoms with Crippen LogP contribution in [-0.2, 0) is 23.3 Å². The molecular weight excluding hydrogens is 793 g/mol. The monoisotopic (exact) mass is 837 g/mol. The van der Waals surface area contributed by atoms with Gasteiger partial charge in [0.25, 0.3) is 0 Å². The van der Waals surface area contributed by atoms with E-state index in [0.29, 0.717) is 12.0 Å². The number of hydrogen-bond acceptors (Lipinski definition) is 1. The molecule has 0 fully saturated rings. The van der Waals surface area contributed by atoms with Crippen molar-refractivity contribution < 1.29 is 23.3 Å². The standard InChI is InChI=1S/C30H21.C17H18N.2CH3.2ClH.Si.Zr/c1-20-16-23-18-24(27-14-6-10-21-8-2-4-12-25(21)27)19-30(29(23)17-20)28-15-7-11-22-9-3-5-13-26(22)28;1-12(2)14-10-15-9-13(3)18(17(15)11-14)16-7-5-4-6-8-16;;;;;;/h2-19H,1H3;4-9,11-13H,1-3H3;2*1H3;2*1H;;/q4*-1;;;;. The number of aryl methyl sites for hydroxylation is 1. The van der Waals surface area contributed by atoms with Gasteiger partial charge in [-0.1, -0.05) is 147 Å².